The van der Waals surface area contributed by atoms with E-state index in [2.05, 4.69) is 10.00 Å². The van der Waals surface area contributed by atoms with E-state index in [1.807, 2.05) is 0 Å². The fourth-order valence-corrected chi connectivity index (χ4v) is 4.75. The molecule has 1 fully saturated rings. The van der Waals surface area contributed by atoms with Crippen LogP contribution in [0.25, 0.3) is 10.8 Å². The van der Waals surface area contributed by atoms with Gasteiger partial charge in [0, 0.05) is 19.6 Å². The summed E-state index contributed by atoms with van der Waals surface area (Å²) >= 11 is 0. The molecule has 0 N–H and O–H groups in total. The van der Waals surface area contributed by atoms with Crippen molar-refractivity contribution in [1.82, 2.24) is 14.7 Å². The highest BCUT2D eigenvalue weighted by Gasteiger charge is 2.26. The van der Waals surface area contributed by atoms with Crippen molar-refractivity contribution in [2.75, 3.05) is 75.5 Å². The quantitative estimate of drug-likeness (QED) is 0.280. The Morgan fingerprint density at radius 1 is 0.810 bits per heavy atom. The Kier molecular flexibility index (Phi) is 11.5. The number of carbonyl (C=O) groups excluding carboxylic acids is 1. The Hall–Kier alpha value is -3.94. The summed E-state index contributed by atoms with van der Waals surface area (Å²) < 4.78 is 45.2. The number of fused-ring (bicyclic) bond motifs is 1. The number of morpholine rings is 1. The summed E-state index contributed by atoms with van der Waals surface area (Å²) in [6.45, 7) is 2.80. The normalized spacial score (nSPS) is 14.0. The highest BCUT2D eigenvalue weighted by atomic mass is 35.5. The average Bonchev–Trinajstić information content (AvgIpc) is 3.00. The van der Waals surface area contributed by atoms with Gasteiger partial charge < -0.3 is 37.9 Å². The lowest BCUT2D eigenvalue weighted by atomic mass is 10.1. The van der Waals surface area contributed by atoms with Crippen LogP contribution in [0.5, 0.6) is 34.5 Å². The number of halogens is 1. The Morgan fingerprint density at radius 3 is 1.93 bits per heavy atom. The number of benzene rings is 2. The number of ether oxygens (including phenoxy) is 8. The first-order valence-electron chi connectivity index (χ1n) is 12.9. The van der Waals surface area contributed by atoms with E-state index in [4.69, 9.17) is 37.9 Å². The minimum atomic E-state index is -0.732. The number of hydrogen-bond acceptors (Lipinski definition) is 12. The third-order valence-corrected chi connectivity index (χ3v) is 6.78. The smallest absolute Gasteiger partial charge is 0.338 e. The minimum absolute atomic E-state index is 0. The molecule has 1 aromatic heterocycles. The molecule has 0 radical (unpaired) electrons. The molecule has 230 valence electrons. The van der Waals surface area contributed by atoms with Crippen molar-refractivity contribution in [1.29, 1.82) is 0 Å². The monoisotopic (exact) mass is 609 g/mol. The molecule has 1 aliphatic heterocycles. The average molecular weight is 610 g/mol. The summed E-state index contributed by atoms with van der Waals surface area (Å²) in [4.78, 5) is 29.1. The van der Waals surface area contributed by atoms with Gasteiger partial charge in [-0.3, -0.25) is 9.69 Å². The van der Waals surface area contributed by atoms with Gasteiger partial charge in [0.25, 0.3) is 5.56 Å². The van der Waals surface area contributed by atoms with Crippen LogP contribution in [-0.4, -0.2) is 102 Å². The maximum absolute atomic E-state index is 13.6. The van der Waals surface area contributed by atoms with Crippen LogP contribution in [0.2, 0.25) is 0 Å². The van der Waals surface area contributed by atoms with E-state index in [0.717, 1.165) is 0 Å². The molecule has 14 heteroatoms. The van der Waals surface area contributed by atoms with Crippen LogP contribution in [0.1, 0.15) is 10.4 Å². The van der Waals surface area contributed by atoms with Crippen molar-refractivity contribution in [2.45, 2.75) is 12.6 Å². The Balaban J connectivity index is 0.00000484. The summed E-state index contributed by atoms with van der Waals surface area (Å²) in [5.74, 6) is 1.38. The number of hydrogen-bond donors (Lipinski definition) is 0. The summed E-state index contributed by atoms with van der Waals surface area (Å²) in [5.41, 5.74) is -0.204. The van der Waals surface area contributed by atoms with Crippen LogP contribution in [0.4, 0.5) is 0 Å². The fourth-order valence-electron chi connectivity index (χ4n) is 4.75. The van der Waals surface area contributed by atoms with Crippen molar-refractivity contribution in [3.8, 4) is 34.5 Å². The zero-order valence-corrected chi connectivity index (χ0v) is 25.3. The lowest BCUT2D eigenvalue weighted by Gasteiger charge is -2.30. The third-order valence-electron chi connectivity index (χ3n) is 6.78. The van der Waals surface area contributed by atoms with Gasteiger partial charge >= 0.3 is 5.97 Å². The van der Waals surface area contributed by atoms with Crippen LogP contribution < -0.4 is 34.0 Å². The van der Waals surface area contributed by atoms with Gasteiger partial charge in [0.2, 0.25) is 11.5 Å². The topological polar surface area (TPSA) is 129 Å². The summed E-state index contributed by atoms with van der Waals surface area (Å²) in [6.07, 6.45) is 0.786. The first kappa shape index (κ1) is 32.6. The molecule has 1 saturated heterocycles. The molecule has 1 unspecified atom stereocenters. The molecule has 13 nitrogen and oxygen atoms in total. The molecule has 42 heavy (non-hydrogen) atoms. The second-order valence-corrected chi connectivity index (χ2v) is 9.09. The lowest BCUT2D eigenvalue weighted by molar-refractivity contribution is -0.00907. The van der Waals surface area contributed by atoms with E-state index >= 15 is 0 Å². The molecule has 2 aromatic carbocycles. The lowest BCUT2D eigenvalue weighted by Crippen LogP contribution is -2.44. The van der Waals surface area contributed by atoms with Crippen LogP contribution in [0.3, 0.4) is 0 Å². The number of esters is 1. The Morgan fingerprint density at radius 2 is 1.38 bits per heavy atom. The molecule has 3 aromatic rings. The number of aromatic nitrogens is 2. The second kappa shape index (κ2) is 14.8. The van der Waals surface area contributed by atoms with E-state index < -0.39 is 17.6 Å². The molecule has 0 amide bonds. The van der Waals surface area contributed by atoms with Gasteiger partial charge in [-0.05, 0) is 18.2 Å². The number of nitrogens with zero attached hydrogens (tertiary/aromatic N) is 3. The predicted octanol–water partition coefficient (Wildman–Crippen LogP) is 2.43. The number of carbonyl (C=O) groups is 1. The van der Waals surface area contributed by atoms with Crippen molar-refractivity contribution in [2.24, 2.45) is 0 Å². The first-order chi connectivity index (χ1) is 19.9. The maximum atomic E-state index is 13.6. The SMILES string of the molecule is COc1cc(C(=O)OC(CN2CCOCC2)Cn2ncc3c(OC)c(OC)c(OC)cc3c2=O)cc(OC)c1OC.Cl. The standard InChI is InChI=1S/C28H35N3O10.ClH/c1-34-21-11-17(12-22(35-2)25(21)38-5)28(33)41-18(15-30-7-9-40-10-8-30)16-31-27(32)19-13-23(36-3)26(39-6)24(37-4)20(19)14-29-31;/h11-14,18H,7-10,15-16H2,1-6H3;1H. The molecule has 0 bridgehead atoms. The zero-order valence-electron chi connectivity index (χ0n) is 24.5. The Labute approximate surface area is 249 Å². The van der Waals surface area contributed by atoms with E-state index in [0.29, 0.717) is 78.1 Å². The van der Waals surface area contributed by atoms with Gasteiger partial charge in [0.05, 0.1) is 85.0 Å². The summed E-state index contributed by atoms with van der Waals surface area (Å²) in [7, 11) is 8.84. The highest BCUT2D eigenvalue weighted by Crippen LogP contribution is 2.42. The van der Waals surface area contributed by atoms with Crippen molar-refractivity contribution < 1.29 is 42.7 Å². The second-order valence-electron chi connectivity index (χ2n) is 9.09. The van der Waals surface area contributed by atoms with Gasteiger partial charge in [-0.2, -0.15) is 5.10 Å². The molecule has 0 aliphatic carbocycles. The number of rotatable bonds is 12. The molecular weight excluding hydrogens is 574 g/mol. The van der Waals surface area contributed by atoms with Crippen molar-refractivity contribution in [3.05, 3.63) is 40.3 Å². The van der Waals surface area contributed by atoms with Gasteiger partial charge in [0.15, 0.2) is 23.0 Å². The van der Waals surface area contributed by atoms with Crippen LogP contribution in [0.15, 0.2) is 29.2 Å². The molecule has 0 saturated carbocycles. The summed E-state index contributed by atoms with van der Waals surface area (Å²) in [5, 5.41) is 5.15. The van der Waals surface area contributed by atoms with Gasteiger partial charge in [0.1, 0.15) is 6.10 Å². The highest BCUT2D eigenvalue weighted by molar-refractivity contribution is 5.92. The maximum Gasteiger partial charge on any atom is 0.338 e. The fraction of sp³-hybridized carbons (Fsp3) is 0.464. The van der Waals surface area contributed by atoms with Crippen molar-refractivity contribution in [3.63, 3.8) is 0 Å². The van der Waals surface area contributed by atoms with Crippen LogP contribution in [-0.2, 0) is 16.0 Å². The van der Waals surface area contributed by atoms with E-state index in [1.54, 1.807) is 6.07 Å². The van der Waals surface area contributed by atoms with Crippen molar-refractivity contribution >= 4 is 29.1 Å². The molecule has 1 atom stereocenters. The summed E-state index contributed by atoms with van der Waals surface area (Å²) in [6, 6.07) is 4.61. The van der Waals surface area contributed by atoms with E-state index in [1.165, 1.54) is 65.7 Å². The molecule has 2 heterocycles. The largest absolute Gasteiger partial charge is 0.493 e. The van der Waals surface area contributed by atoms with Crippen LogP contribution >= 0.6 is 12.4 Å². The zero-order chi connectivity index (χ0) is 29.5. The van der Waals surface area contributed by atoms with Crippen LogP contribution in [0, 0.1) is 0 Å². The molecule has 4 rings (SSSR count). The predicted molar refractivity (Wildman–Crippen MR) is 155 cm³/mol. The number of methoxy groups -OCH3 is 6. The third kappa shape index (κ3) is 6.75. The van der Waals surface area contributed by atoms with Gasteiger partial charge in [-0.15, -0.1) is 12.4 Å². The van der Waals surface area contributed by atoms with E-state index in [9.17, 15) is 9.59 Å². The molecule has 0 spiro atoms. The Bertz CT molecular complexity index is 1420. The van der Waals surface area contributed by atoms with E-state index in [-0.39, 0.29) is 24.5 Å². The first-order valence-corrected chi connectivity index (χ1v) is 12.9. The molecule has 1 aliphatic rings. The molecular formula is C28H36ClN3O10. The van der Waals surface area contributed by atoms with Gasteiger partial charge in [-0.25, -0.2) is 9.48 Å². The minimum Gasteiger partial charge on any atom is -0.493 e. The van der Waals surface area contributed by atoms with Gasteiger partial charge in [-0.1, -0.05) is 0 Å².